The topological polar surface area (TPSA) is 34.0 Å². The Morgan fingerprint density at radius 1 is 1.14 bits per heavy atom. The van der Waals surface area contributed by atoms with Gasteiger partial charge < -0.3 is 4.90 Å². The lowest BCUT2D eigenvalue weighted by Gasteiger charge is -2.28. The summed E-state index contributed by atoms with van der Waals surface area (Å²) in [5.74, 6) is 2.82. The van der Waals surface area contributed by atoms with Gasteiger partial charge in [-0.05, 0) is 57.8 Å². The van der Waals surface area contributed by atoms with Crippen molar-refractivity contribution >= 4 is 0 Å². The van der Waals surface area contributed by atoms with Crippen molar-refractivity contribution in [2.75, 3.05) is 20.1 Å². The summed E-state index contributed by atoms with van der Waals surface area (Å²) >= 11 is 0. The molecule has 118 valence electrons. The zero-order valence-corrected chi connectivity index (χ0v) is 13.7. The van der Waals surface area contributed by atoms with E-state index < -0.39 is 0 Å². The molecule has 1 aliphatic heterocycles. The van der Waals surface area contributed by atoms with Crippen molar-refractivity contribution in [1.29, 1.82) is 0 Å². The SMILES string of the molecule is Cc1nc(CC2CCN(C)CC2)nn1CCc1ccccc1. The van der Waals surface area contributed by atoms with Crippen LogP contribution in [0.2, 0.25) is 0 Å². The zero-order chi connectivity index (χ0) is 15.4. The third-order valence-corrected chi connectivity index (χ3v) is 4.67. The minimum absolute atomic E-state index is 0.751. The van der Waals surface area contributed by atoms with Crippen LogP contribution < -0.4 is 0 Å². The second kappa shape index (κ2) is 7.05. The molecule has 0 spiro atoms. The van der Waals surface area contributed by atoms with E-state index in [1.54, 1.807) is 0 Å². The van der Waals surface area contributed by atoms with Crippen LogP contribution in [-0.4, -0.2) is 39.8 Å². The predicted octanol–water partition coefficient (Wildman–Crippen LogP) is 2.71. The Labute approximate surface area is 133 Å². The molecule has 0 aliphatic carbocycles. The molecule has 1 fully saturated rings. The minimum atomic E-state index is 0.751. The van der Waals surface area contributed by atoms with Crippen LogP contribution >= 0.6 is 0 Å². The van der Waals surface area contributed by atoms with Gasteiger partial charge in [0.25, 0.3) is 0 Å². The van der Waals surface area contributed by atoms with Gasteiger partial charge in [-0.3, -0.25) is 0 Å². The van der Waals surface area contributed by atoms with Crippen molar-refractivity contribution < 1.29 is 0 Å². The van der Waals surface area contributed by atoms with E-state index in [1.165, 1.54) is 31.5 Å². The van der Waals surface area contributed by atoms with E-state index in [0.717, 1.165) is 37.0 Å². The Bertz CT molecular complexity index is 582. The number of hydrogen-bond acceptors (Lipinski definition) is 3. The number of piperidine rings is 1. The first-order valence-corrected chi connectivity index (χ1v) is 8.33. The number of benzene rings is 1. The fraction of sp³-hybridized carbons (Fsp3) is 0.556. The van der Waals surface area contributed by atoms with Crippen molar-refractivity contribution in [1.82, 2.24) is 19.7 Å². The monoisotopic (exact) mass is 298 g/mol. The summed E-state index contributed by atoms with van der Waals surface area (Å²) in [6, 6.07) is 10.6. The lowest BCUT2D eigenvalue weighted by molar-refractivity contribution is 0.217. The molecule has 2 heterocycles. The van der Waals surface area contributed by atoms with Crippen molar-refractivity contribution in [3.63, 3.8) is 0 Å². The van der Waals surface area contributed by atoms with E-state index in [9.17, 15) is 0 Å². The quantitative estimate of drug-likeness (QED) is 0.851. The van der Waals surface area contributed by atoms with Gasteiger partial charge in [-0.15, -0.1) is 0 Å². The van der Waals surface area contributed by atoms with Crippen LogP contribution in [0.4, 0.5) is 0 Å². The predicted molar refractivity (Wildman–Crippen MR) is 88.8 cm³/mol. The van der Waals surface area contributed by atoms with Gasteiger partial charge in [0.2, 0.25) is 0 Å². The first-order chi connectivity index (χ1) is 10.7. The number of aryl methyl sites for hydroxylation is 3. The van der Waals surface area contributed by atoms with Gasteiger partial charge in [0.05, 0.1) is 0 Å². The molecule has 0 radical (unpaired) electrons. The van der Waals surface area contributed by atoms with Gasteiger partial charge >= 0.3 is 0 Å². The first-order valence-electron chi connectivity index (χ1n) is 8.33. The molecule has 1 aromatic heterocycles. The molecule has 0 amide bonds. The highest BCUT2D eigenvalue weighted by Gasteiger charge is 2.19. The van der Waals surface area contributed by atoms with Crippen LogP contribution in [-0.2, 0) is 19.4 Å². The Kier molecular flexibility index (Phi) is 4.88. The molecule has 2 aromatic rings. The molecule has 1 aromatic carbocycles. The van der Waals surface area contributed by atoms with Gasteiger partial charge in [0, 0.05) is 13.0 Å². The molecular weight excluding hydrogens is 272 g/mol. The third-order valence-electron chi connectivity index (χ3n) is 4.67. The number of aromatic nitrogens is 3. The second-order valence-electron chi connectivity index (χ2n) is 6.48. The summed E-state index contributed by atoms with van der Waals surface area (Å²) in [5, 5.41) is 4.73. The Hall–Kier alpha value is -1.68. The fourth-order valence-electron chi connectivity index (χ4n) is 3.18. The number of likely N-dealkylation sites (tertiary alicyclic amines) is 1. The smallest absolute Gasteiger partial charge is 0.151 e. The van der Waals surface area contributed by atoms with Crippen molar-refractivity contribution in [3.8, 4) is 0 Å². The molecular formula is C18H26N4. The normalized spacial score (nSPS) is 17.0. The molecule has 0 atom stereocenters. The third kappa shape index (κ3) is 3.95. The summed E-state index contributed by atoms with van der Waals surface area (Å²) in [6.45, 7) is 5.39. The van der Waals surface area contributed by atoms with Crippen LogP contribution in [0.15, 0.2) is 30.3 Å². The van der Waals surface area contributed by atoms with E-state index >= 15 is 0 Å². The number of hydrogen-bond donors (Lipinski definition) is 0. The van der Waals surface area contributed by atoms with E-state index in [1.807, 2.05) is 0 Å². The molecule has 0 unspecified atom stereocenters. The van der Waals surface area contributed by atoms with E-state index in [0.29, 0.717) is 0 Å². The minimum Gasteiger partial charge on any atom is -0.306 e. The number of nitrogens with zero attached hydrogens (tertiary/aromatic N) is 4. The highest BCUT2D eigenvalue weighted by atomic mass is 15.3. The van der Waals surface area contributed by atoms with Crippen LogP contribution in [0, 0.1) is 12.8 Å². The molecule has 3 rings (SSSR count). The molecule has 0 saturated carbocycles. The zero-order valence-electron chi connectivity index (χ0n) is 13.7. The second-order valence-corrected chi connectivity index (χ2v) is 6.48. The molecule has 0 bridgehead atoms. The first kappa shape index (κ1) is 15.2. The molecule has 22 heavy (non-hydrogen) atoms. The van der Waals surface area contributed by atoms with Crippen molar-refractivity contribution in [2.45, 2.75) is 39.2 Å². The van der Waals surface area contributed by atoms with Gasteiger partial charge in [-0.25, -0.2) is 9.67 Å². The Morgan fingerprint density at radius 3 is 2.59 bits per heavy atom. The van der Waals surface area contributed by atoms with E-state index in [2.05, 4.69) is 58.9 Å². The van der Waals surface area contributed by atoms with Crippen molar-refractivity contribution in [3.05, 3.63) is 47.5 Å². The summed E-state index contributed by atoms with van der Waals surface area (Å²) in [6.07, 6.45) is 4.59. The lowest BCUT2D eigenvalue weighted by atomic mass is 9.94. The summed E-state index contributed by atoms with van der Waals surface area (Å²) in [5.41, 5.74) is 1.36. The van der Waals surface area contributed by atoms with E-state index in [4.69, 9.17) is 5.10 Å². The van der Waals surface area contributed by atoms with Gasteiger partial charge in [0.1, 0.15) is 5.82 Å². The van der Waals surface area contributed by atoms with Gasteiger partial charge in [-0.1, -0.05) is 30.3 Å². The summed E-state index contributed by atoms with van der Waals surface area (Å²) in [7, 11) is 2.21. The van der Waals surface area contributed by atoms with Gasteiger partial charge in [-0.2, -0.15) is 5.10 Å². The van der Waals surface area contributed by atoms with Crippen LogP contribution in [0.25, 0.3) is 0 Å². The molecule has 0 N–H and O–H groups in total. The van der Waals surface area contributed by atoms with Crippen LogP contribution in [0.5, 0.6) is 0 Å². The maximum atomic E-state index is 4.73. The van der Waals surface area contributed by atoms with Crippen molar-refractivity contribution in [2.24, 2.45) is 5.92 Å². The number of rotatable bonds is 5. The standard InChI is InChI=1S/C18H26N4/c1-15-19-18(14-17-8-11-21(2)12-9-17)20-22(15)13-10-16-6-4-3-5-7-16/h3-7,17H,8-14H2,1-2H3. The van der Waals surface area contributed by atoms with Gasteiger partial charge in [0.15, 0.2) is 5.82 Å². The highest BCUT2D eigenvalue weighted by molar-refractivity contribution is 5.14. The molecule has 4 nitrogen and oxygen atoms in total. The Morgan fingerprint density at radius 2 is 1.86 bits per heavy atom. The molecule has 1 aliphatic rings. The summed E-state index contributed by atoms with van der Waals surface area (Å²) < 4.78 is 2.07. The van der Waals surface area contributed by atoms with Crippen LogP contribution in [0.3, 0.4) is 0 Å². The molecule has 4 heteroatoms. The Balaban J connectivity index is 1.56. The van der Waals surface area contributed by atoms with Crippen LogP contribution in [0.1, 0.15) is 30.1 Å². The fourth-order valence-corrected chi connectivity index (χ4v) is 3.18. The summed E-state index contributed by atoms with van der Waals surface area (Å²) in [4.78, 5) is 7.08. The van der Waals surface area contributed by atoms with E-state index in [-0.39, 0.29) is 0 Å². The average Bonchev–Trinajstić information content (AvgIpc) is 2.88. The lowest BCUT2D eigenvalue weighted by Crippen LogP contribution is -2.31. The average molecular weight is 298 g/mol. The molecule has 1 saturated heterocycles. The maximum Gasteiger partial charge on any atom is 0.151 e. The maximum absolute atomic E-state index is 4.73. The highest BCUT2D eigenvalue weighted by Crippen LogP contribution is 2.19. The largest absolute Gasteiger partial charge is 0.306 e.